The number of hydrogen-bond acceptors (Lipinski definition) is 5. The second kappa shape index (κ2) is 8.99. The van der Waals surface area contributed by atoms with Crippen LogP contribution in [0.2, 0.25) is 5.02 Å². The summed E-state index contributed by atoms with van der Waals surface area (Å²) in [5.41, 5.74) is -0.0569. The van der Waals surface area contributed by atoms with Crippen LogP contribution < -0.4 is 61.8 Å². The third kappa shape index (κ3) is 5.69. The monoisotopic (exact) mass is 325 g/mol. The van der Waals surface area contributed by atoms with Crippen LogP contribution in [0.3, 0.4) is 0 Å². The van der Waals surface area contributed by atoms with Crippen molar-refractivity contribution >= 4 is 23.5 Å². The van der Waals surface area contributed by atoms with E-state index in [1.165, 1.54) is 25.1 Å². The van der Waals surface area contributed by atoms with E-state index in [1.54, 1.807) is 0 Å². The molecule has 0 aliphatic carbocycles. The van der Waals surface area contributed by atoms with Crippen LogP contribution in [-0.4, -0.2) is 34.2 Å². The van der Waals surface area contributed by atoms with Gasteiger partial charge in [-0.2, -0.15) is 0 Å². The first-order valence-corrected chi connectivity index (χ1v) is 5.88. The van der Waals surface area contributed by atoms with Gasteiger partial charge in [0, 0.05) is 0 Å². The van der Waals surface area contributed by atoms with E-state index >= 15 is 0 Å². The van der Waals surface area contributed by atoms with E-state index in [4.69, 9.17) is 16.7 Å². The number of carboxylic acid groups (broad SMARTS) is 1. The van der Waals surface area contributed by atoms with Crippen molar-refractivity contribution in [3.8, 4) is 5.75 Å². The summed E-state index contributed by atoms with van der Waals surface area (Å²) in [4.78, 5) is 22.7. The number of aliphatic hydroxyl groups excluding tert-OH is 1. The van der Waals surface area contributed by atoms with Crippen molar-refractivity contribution in [1.29, 1.82) is 0 Å². The molecule has 0 fully saturated rings. The van der Waals surface area contributed by atoms with Gasteiger partial charge in [0.15, 0.2) is 0 Å². The zero-order valence-electron chi connectivity index (χ0n) is 11.1. The Morgan fingerprint density at radius 3 is 2.55 bits per heavy atom. The number of nitrogens with one attached hydrogen (secondary N) is 1. The van der Waals surface area contributed by atoms with Crippen LogP contribution in [0, 0.1) is 0 Å². The maximum atomic E-state index is 11.8. The topological polar surface area (TPSA) is 110 Å². The fourth-order valence-electron chi connectivity index (χ4n) is 1.49. The number of carbonyl (C=O) groups is 2. The van der Waals surface area contributed by atoms with E-state index in [-0.39, 0.29) is 74.1 Å². The molecule has 104 valence electrons. The number of aromatic hydroxyl groups is 1. The summed E-state index contributed by atoms with van der Waals surface area (Å²) in [6.07, 6.45) is -1.10. The second-order valence-electron chi connectivity index (χ2n) is 4.07. The summed E-state index contributed by atoms with van der Waals surface area (Å²) in [6.45, 7) is 1.39. The van der Waals surface area contributed by atoms with Crippen LogP contribution in [0.1, 0.15) is 23.7 Å². The Balaban J connectivity index is 0.00000361. The molecule has 0 aromatic heterocycles. The number of phenolic OH excluding ortho intramolecular Hbond substituents is 1. The summed E-state index contributed by atoms with van der Waals surface area (Å²) in [5, 5.41) is 31.3. The number of rotatable bonds is 5. The maximum Gasteiger partial charge on any atom is 1.00 e. The first-order valence-electron chi connectivity index (χ1n) is 5.50. The van der Waals surface area contributed by atoms with Crippen LogP contribution >= 0.6 is 11.6 Å². The number of carboxylic acids is 1. The minimum Gasteiger partial charge on any atom is -0.548 e. The van der Waals surface area contributed by atoms with Gasteiger partial charge in [-0.15, -0.1) is 0 Å². The summed E-state index contributed by atoms with van der Waals surface area (Å²) >= 11 is 5.73. The minimum atomic E-state index is -1.51. The zero-order chi connectivity index (χ0) is 14.6. The van der Waals surface area contributed by atoms with Gasteiger partial charge in [-0.1, -0.05) is 17.7 Å². The second-order valence-corrected chi connectivity index (χ2v) is 4.45. The van der Waals surface area contributed by atoms with Gasteiger partial charge >= 0.3 is 51.4 Å². The smallest absolute Gasteiger partial charge is 0.548 e. The van der Waals surface area contributed by atoms with Gasteiger partial charge in [-0.25, -0.2) is 0 Å². The van der Waals surface area contributed by atoms with Crippen LogP contribution in [0.25, 0.3) is 0 Å². The van der Waals surface area contributed by atoms with Crippen molar-refractivity contribution in [2.24, 2.45) is 0 Å². The predicted octanol–water partition coefficient (Wildman–Crippen LogP) is -3.33. The van der Waals surface area contributed by atoms with E-state index in [0.29, 0.717) is 0 Å². The first kappa shape index (κ1) is 19.8. The van der Waals surface area contributed by atoms with Crippen molar-refractivity contribution in [3.63, 3.8) is 0 Å². The number of aliphatic carboxylic acids is 1. The average molecular weight is 326 g/mol. The molecule has 6 nitrogen and oxygen atoms in total. The maximum absolute atomic E-state index is 11.8. The summed E-state index contributed by atoms with van der Waals surface area (Å²) in [7, 11) is 0. The molecule has 2 unspecified atom stereocenters. The number of hydrogen-bond donors (Lipinski definition) is 3. The van der Waals surface area contributed by atoms with E-state index < -0.39 is 24.0 Å². The fourth-order valence-corrected chi connectivity index (χ4v) is 1.70. The van der Waals surface area contributed by atoms with Crippen molar-refractivity contribution in [3.05, 3.63) is 28.8 Å². The van der Waals surface area contributed by atoms with Crippen molar-refractivity contribution in [2.75, 3.05) is 0 Å². The third-order valence-electron chi connectivity index (χ3n) is 2.39. The van der Waals surface area contributed by atoms with Gasteiger partial charge in [-0.3, -0.25) is 4.79 Å². The van der Waals surface area contributed by atoms with Crippen molar-refractivity contribution < 1.29 is 76.3 Å². The largest absolute Gasteiger partial charge is 1.00 e. The molecular formula is C12H13ClKNO5. The normalized spacial score (nSPS) is 12.9. The zero-order valence-corrected chi connectivity index (χ0v) is 15.0. The predicted molar refractivity (Wildman–Crippen MR) is 65.7 cm³/mol. The summed E-state index contributed by atoms with van der Waals surface area (Å²) in [5.74, 6) is -2.56. The van der Waals surface area contributed by atoms with Gasteiger partial charge < -0.3 is 25.4 Å². The van der Waals surface area contributed by atoms with Gasteiger partial charge in [0.05, 0.1) is 28.7 Å². The Morgan fingerprint density at radius 1 is 1.45 bits per heavy atom. The summed E-state index contributed by atoms with van der Waals surface area (Å²) < 4.78 is 0. The molecule has 2 atom stereocenters. The molecule has 0 aliphatic rings. The molecule has 1 rings (SSSR count). The van der Waals surface area contributed by atoms with Crippen LogP contribution in [0.5, 0.6) is 5.75 Å². The number of carbonyl (C=O) groups excluding carboxylic acids is 2. The van der Waals surface area contributed by atoms with E-state index in [9.17, 15) is 19.8 Å². The average Bonchev–Trinajstić information content (AvgIpc) is 2.31. The van der Waals surface area contributed by atoms with Crippen LogP contribution in [0.4, 0.5) is 0 Å². The number of halogens is 1. The standard InChI is InChI=1S/C12H14ClNO5.K/c1-6(15)5-8(12(18)19)14-11(17)7-3-2-4-9(16)10(7)13;/h2-4,6,8,15-16H,5H2,1H3,(H,14,17)(H,18,19);/q;+1/p-1. The molecule has 20 heavy (non-hydrogen) atoms. The minimum absolute atomic E-state index is 0. The number of aliphatic hydroxyl groups is 1. The summed E-state index contributed by atoms with van der Waals surface area (Å²) in [6, 6.07) is 2.70. The SMILES string of the molecule is CC(O)CC(NC(=O)c1cccc(O)c1Cl)C(=O)[O-].[K+]. The molecule has 1 aromatic carbocycles. The molecule has 0 spiro atoms. The molecule has 0 heterocycles. The van der Waals surface area contributed by atoms with Gasteiger partial charge in [0.25, 0.3) is 5.91 Å². The third-order valence-corrected chi connectivity index (χ3v) is 2.79. The van der Waals surface area contributed by atoms with Crippen molar-refractivity contribution in [1.82, 2.24) is 5.32 Å². The number of phenols is 1. The van der Waals surface area contributed by atoms with Crippen LogP contribution in [-0.2, 0) is 4.79 Å². The number of amides is 1. The van der Waals surface area contributed by atoms with Gasteiger partial charge in [-0.05, 0) is 25.5 Å². The Bertz CT molecular complexity index is 495. The molecule has 0 saturated heterocycles. The Hall–Kier alpha value is -0.154. The Kier molecular flexibility index (Phi) is 8.92. The molecular weight excluding hydrogens is 313 g/mol. The molecule has 0 aliphatic heterocycles. The molecule has 1 aromatic rings. The van der Waals surface area contributed by atoms with Gasteiger partial charge in [0.2, 0.25) is 0 Å². The fraction of sp³-hybridized carbons (Fsp3) is 0.333. The van der Waals surface area contributed by atoms with Gasteiger partial charge in [0.1, 0.15) is 5.75 Å². The first-order chi connectivity index (χ1) is 8.82. The molecule has 0 radical (unpaired) electrons. The molecule has 0 saturated carbocycles. The Morgan fingerprint density at radius 2 is 2.05 bits per heavy atom. The van der Waals surface area contributed by atoms with Crippen molar-refractivity contribution in [2.45, 2.75) is 25.5 Å². The van der Waals surface area contributed by atoms with Crippen LogP contribution in [0.15, 0.2) is 18.2 Å². The molecule has 8 heteroatoms. The molecule has 1 amide bonds. The van der Waals surface area contributed by atoms with E-state index in [1.807, 2.05) is 0 Å². The van der Waals surface area contributed by atoms with E-state index in [2.05, 4.69) is 5.32 Å². The van der Waals surface area contributed by atoms with E-state index in [0.717, 1.165) is 0 Å². The number of benzene rings is 1. The molecule has 0 bridgehead atoms. The molecule has 3 N–H and O–H groups in total. The Labute approximate surface area is 163 Å². The quantitative estimate of drug-likeness (QED) is 0.491.